The van der Waals surface area contributed by atoms with E-state index in [9.17, 15) is 9.59 Å². The molecule has 1 aromatic carbocycles. The molecule has 1 atom stereocenters. The molecule has 28 heavy (non-hydrogen) atoms. The number of hydrogen-bond donors (Lipinski definition) is 1. The zero-order valence-electron chi connectivity index (χ0n) is 15.8. The summed E-state index contributed by atoms with van der Waals surface area (Å²) in [5, 5.41) is 2.99. The van der Waals surface area contributed by atoms with Gasteiger partial charge in [0.2, 0.25) is 11.8 Å². The lowest BCUT2D eigenvalue weighted by atomic mass is 10.2. The molecule has 1 aromatic heterocycles. The van der Waals surface area contributed by atoms with Crippen LogP contribution in [-0.2, 0) is 9.59 Å². The molecule has 0 saturated carbocycles. The average molecular weight is 383 g/mol. The number of anilines is 1. The molecule has 0 spiro atoms. The Kier molecular flexibility index (Phi) is 5.62. The number of likely N-dealkylation sites (tertiary alicyclic amines) is 1. The molecule has 2 aromatic rings. The summed E-state index contributed by atoms with van der Waals surface area (Å²) in [4.78, 5) is 29.0. The van der Waals surface area contributed by atoms with Crippen LogP contribution in [-0.4, -0.2) is 49.5 Å². The summed E-state index contributed by atoms with van der Waals surface area (Å²) < 4.78 is 11.2. The summed E-state index contributed by atoms with van der Waals surface area (Å²) in [5.74, 6) is 1.18. The first-order valence-corrected chi connectivity index (χ1v) is 9.79. The highest BCUT2D eigenvalue weighted by atomic mass is 16.5. The van der Waals surface area contributed by atoms with Crippen molar-refractivity contribution in [2.24, 2.45) is 0 Å². The van der Waals surface area contributed by atoms with Gasteiger partial charge < -0.3 is 14.5 Å². The van der Waals surface area contributed by atoms with Crippen molar-refractivity contribution in [1.82, 2.24) is 10.2 Å². The van der Waals surface area contributed by atoms with Crippen LogP contribution in [0.3, 0.4) is 0 Å². The summed E-state index contributed by atoms with van der Waals surface area (Å²) in [6, 6.07) is 11.1. The smallest absolute Gasteiger partial charge is 0.240 e. The lowest BCUT2D eigenvalue weighted by Crippen LogP contribution is -2.43. The predicted molar refractivity (Wildman–Crippen MR) is 104 cm³/mol. The molecule has 0 bridgehead atoms. The number of fused-ring (bicyclic) bond motifs is 1. The molecule has 0 radical (unpaired) electrons. The molecule has 1 N–H and O–H groups in total. The van der Waals surface area contributed by atoms with E-state index >= 15 is 0 Å². The highest BCUT2D eigenvalue weighted by Gasteiger charge is 2.28. The molecule has 0 unspecified atom stereocenters. The Morgan fingerprint density at radius 2 is 1.96 bits per heavy atom. The van der Waals surface area contributed by atoms with Gasteiger partial charge in [-0.15, -0.1) is 0 Å². The van der Waals surface area contributed by atoms with Crippen LogP contribution in [0.5, 0.6) is 5.75 Å². The lowest BCUT2D eigenvalue weighted by Gasteiger charge is -2.27. The van der Waals surface area contributed by atoms with Crippen molar-refractivity contribution >= 4 is 17.5 Å². The van der Waals surface area contributed by atoms with Crippen molar-refractivity contribution in [2.45, 2.75) is 25.3 Å². The number of hydrogen-bond acceptors (Lipinski definition) is 5. The highest BCUT2D eigenvalue weighted by molar-refractivity contribution is 6.00. The van der Waals surface area contributed by atoms with Gasteiger partial charge >= 0.3 is 0 Å². The second-order valence-corrected chi connectivity index (χ2v) is 7.12. The third kappa shape index (κ3) is 4.04. The van der Waals surface area contributed by atoms with Crippen molar-refractivity contribution in [3.8, 4) is 5.75 Å². The topological polar surface area (TPSA) is 75.0 Å². The van der Waals surface area contributed by atoms with Crippen LogP contribution in [0.2, 0.25) is 0 Å². The van der Waals surface area contributed by atoms with E-state index < -0.39 is 0 Å². The Morgan fingerprint density at radius 1 is 1.14 bits per heavy atom. The van der Waals surface area contributed by atoms with Crippen LogP contribution in [0.1, 0.15) is 31.1 Å². The maximum absolute atomic E-state index is 12.7. The van der Waals surface area contributed by atoms with E-state index in [0.717, 1.165) is 31.7 Å². The number of rotatable bonds is 6. The van der Waals surface area contributed by atoms with Gasteiger partial charge in [0.05, 0.1) is 31.0 Å². The average Bonchev–Trinajstić information content (AvgIpc) is 3.39. The minimum atomic E-state index is -0.194. The van der Waals surface area contributed by atoms with Crippen molar-refractivity contribution < 1.29 is 18.7 Å². The summed E-state index contributed by atoms with van der Waals surface area (Å²) in [6.45, 7) is 2.74. The standard InChI is InChI=1S/C21H25N3O4/c25-20(15-24-16-6-1-2-7-18(16)28-13-9-21(24)26)22-14-17(19-8-5-12-27-19)23-10-3-4-11-23/h1-2,5-8,12,17H,3-4,9-11,13-15H2,(H,22,25)/t17-/m1/s1. The van der Waals surface area contributed by atoms with Gasteiger partial charge in [0.25, 0.3) is 0 Å². The first-order chi connectivity index (χ1) is 13.7. The van der Waals surface area contributed by atoms with E-state index in [1.807, 2.05) is 36.4 Å². The van der Waals surface area contributed by atoms with Crippen LogP contribution in [0, 0.1) is 0 Å². The van der Waals surface area contributed by atoms with Gasteiger partial charge in [-0.1, -0.05) is 12.1 Å². The number of carbonyl (C=O) groups is 2. The quantitative estimate of drug-likeness (QED) is 0.829. The first-order valence-electron chi connectivity index (χ1n) is 9.79. The third-order valence-electron chi connectivity index (χ3n) is 5.28. The number of carbonyl (C=O) groups excluding carboxylic acids is 2. The molecule has 2 aliphatic heterocycles. The Labute approximate surface area is 164 Å². The van der Waals surface area contributed by atoms with Gasteiger partial charge in [-0.2, -0.15) is 0 Å². The Morgan fingerprint density at radius 3 is 2.75 bits per heavy atom. The van der Waals surface area contributed by atoms with Gasteiger partial charge in [-0.25, -0.2) is 0 Å². The van der Waals surface area contributed by atoms with Gasteiger partial charge in [0.1, 0.15) is 18.1 Å². The Balaban J connectivity index is 1.42. The van der Waals surface area contributed by atoms with Gasteiger partial charge in [0, 0.05) is 6.54 Å². The summed E-state index contributed by atoms with van der Waals surface area (Å²) in [5.41, 5.74) is 0.641. The fraction of sp³-hybridized carbons (Fsp3) is 0.429. The molecular formula is C21H25N3O4. The molecule has 2 aliphatic rings. The second kappa shape index (κ2) is 8.48. The second-order valence-electron chi connectivity index (χ2n) is 7.12. The zero-order chi connectivity index (χ0) is 19.3. The van der Waals surface area contributed by atoms with Gasteiger partial charge in [-0.05, 0) is 50.2 Å². The zero-order valence-corrected chi connectivity index (χ0v) is 15.8. The fourth-order valence-electron chi connectivity index (χ4n) is 3.85. The van der Waals surface area contributed by atoms with Crippen LogP contribution in [0.15, 0.2) is 47.1 Å². The lowest BCUT2D eigenvalue weighted by molar-refractivity contribution is -0.124. The maximum Gasteiger partial charge on any atom is 0.240 e. The Bertz CT molecular complexity index is 815. The minimum Gasteiger partial charge on any atom is -0.491 e. The SMILES string of the molecule is O=C(CN1C(=O)CCOc2ccccc21)NC[C@H](c1ccco1)N1CCCC1. The highest BCUT2D eigenvalue weighted by Crippen LogP contribution is 2.31. The normalized spacial score (nSPS) is 18.3. The van der Waals surface area contributed by atoms with Crippen molar-refractivity contribution in [3.63, 3.8) is 0 Å². The number of amides is 2. The monoisotopic (exact) mass is 383 g/mol. The Hall–Kier alpha value is -2.80. The predicted octanol–water partition coefficient (Wildman–Crippen LogP) is 2.35. The molecule has 1 saturated heterocycles. The van der Waals surface area contributed by atoms with Crippen LogP contribution < -0.4 is 15.0 Å². The summed E-state index contributed by atoms with van der Waals surface area (Å²) in [6.07, 6.45) is 4.23. The maximum atomic E-state index is 12.7. The molecule has 0 aliphatic carbocycles. The molecule has 2 amide bonds. The molecule has 1 fully saturated rings. The molecule has 3 heterocycles. The van der Waals surface area contributed by atoms with E-state index in [4.69, 9.17) is 9.15 Å². The molecular weight excluding hydrogens is 358 g/mol. The molecule has 148 valence electrons. The van der Waals surface area contributed by atoms with Gasteiger partial charge in [-0.3, -0.25) is 19.4 Å². The summed E-state index contributed by atoms with van der Waals surface area (Å²) >= 11 is 0. The summed E-state index contributed by atoms with van der Waals surface area (Å²) in [7, 11) is 0. The fourth-order valence-corrected chi connectivity index (χ4v) is 3.85. The number of nitrogens with zero attached hydrogens (tertiary/aromatic N) is 2. The van der Waals surface area contributed by atoms with Crippen LogP contribution in [0.4, 0.5) is 5.69 Å². The first kappa shape index (κ1) is 18.6. The van der Waals surface area contributed by atoms with Crippen molar-refractivity contribution in [3.05, 3.63) is 48.4 Å². The van der Waals surface area contributed by atoms with Crippen LogP contribution in [0.25, 0.3) is 0 Å². The number of nitrogens with one attached hydrogen (secondary N) is 1. The van der Waals surface area contributed by atoms with Crippen LogP contribution >= 0.6 is 0 Å². The van der Waals surface area contributed by atoms with Crippen molar-refractivity contribution in [2.75, 3.05) is 37.7 Å². The van der Waals surface area contributed by atoms with E-state index in [1.54, 1.807) is 6.26 Å². The molecule has 7 nitrogen and oxygen atoms in total. The number of furan rings is 1. The number of benzene rings is 1. The molecule has 7 heteroatoms. The molecule has 4 rings (SSSR count). The largest absolute Gasteiger partial charge is 0.491 e. The van der Waals surface area contributed by atoms with E-state index in [0.29, 0.717) is 24.6 Å². The van der Waals surface area contributed by atoms with E-state index in [1.165, 1.54) is 4.90 Å². The third-order valence-corrected chi connectivity index (χ3v) is 5.28. The van der Waals surface area contributed by atoms with Gasteiger partial charge in [0.15, 0.2) is 0 Å². The van der Waals surface area contributed by atoms with Crippen molar-refractivity contribution in [1.29, 1.82) is 0 Å². The number of para-hydroxylation sites is 2. The number of ether oxygens (including phenoxy) is 1. The minimum absolute atomic E-state index is 0.0110. The van der Waals surface area contributed by atoms with E-state index in [-0.39, 0.29) is 30.8 Å². The van der Waals surface area contributed by atoms with E-state index in [2.05, 4.69) is 10.2 Å².